The Hall–Kier alpha value is -3.73. The minimum absolute atomic E-state index is 0.109. The Morgan fingerprint density at radius 1 is 1.00 bits per heavy atom. The number of nitrogens with one attached hydrogen (secondary N) is 1. The maximum Gasteiger partial charge on any atom is 0.199 e. The third-order valence-corrected chi connectivity index (χ3v) is 7.08. The maximum absolute atomic E-state index is 15.2. The number of H-pyrrole nitrogens is 1. The summed E-state index contributed by atoms with van der Waals surface area (Å²) in [7, 11) is 0. The van der Waals surface area contributed by atoms with E-state index in [2.05, 4.69) is 35.3 Å². The first-order chi connectivity index (χ1) is 16.9. The normalized spacial score (nSPS) is 21.7. The summed E-state index contributed by atoms with van der Waals surface area (Å²) in [6, 6.07) is 5.33. The summed E-state index contributed by atoms with van der Waals surface area (Å²) in [4.78, 5) is 11.4. The summed E-state index contributed by atoms with van der Waals surface area (Å²) in [5.41, 5.74) is 0.595. The summed E-state index contributed by atoms with van der Waals surface area (Å²) < 4.78 is 44.0. The first-order valence-electron chi connectivity index (χ1n) is 11.3. The van der Waals surface area contributed by atoms with Crippen molar-refractivity contribution in [2.75, 3.05) is 0 Å². The molecule has 1 atom stereocenters. The van der Waals surface area contributed by atoms with Crippen molar-refractivity contribution < 1.29 is 18.3 Å². The van der Waals surface area contributed by atoms with Crippen LogP contribution in [-0.4, -0.2) is 40.5 Å². The summed E-state index contributed by atoms with van der Waals surface area (Å²) in [5, 5.41) is 26.1. The number of benzene rings is 1. The first-order valence-corrected chi connectivity index (χ1v) is 11.3. The van der Waals surface area contributed by atoms with Crippen LogP contribution in [0, 0.1) is 17.5 Å². The van der Waals surface area contributed by atoms with Crippen LogP contribution in [0.3, 0.4) is 0 Å². The van der Waals surface area contributed by atoms with E-state index in [0.717, 1.165) is 24.6 Å². The fourth-order valence-electron chi connectivity index (χ4n) is 5.34. The number of fused-ring (bicyclic) bond motifs is 2. The third-order valence-electron chi connectivity index (χ3n) is 7.08. The van der Waals surface area contributed by atoms with Gasteiger partial charge in [-0.1, -0.05) is 6.07 Å². The van der Waals surface area contributed by atoms with E-state index in [0.29, 0.717) is 18.5 Å². The summed E-state index contributed by atoms with van der Waals surface area (Å²) in [5.74, 6) is -1.28. The lowest BCUT2D eigenvalue weighted by Crippen LogP contribution is -2.41. The van der Waals surface area contributed by atoms with Crippen molar-refractivity contribution in [3.05, 3.63) is 70.7 Å². The first kappa shape index (κ1) is 21.8. The largest absolute Gasteiger partial charge is 0.385 e. The lowest BCUT2D eigenvalue weighted by molar-refractivity contribution is 0.189. The van der Waals surface area contributed by atoms with Gasteiger partial charge >= 0.3 is 0 Å². The van der Waals surface area contributed by atoms with Gasteiger partial charge in [0.15, 0.2) is 23.3 Å². The number of hydrogen-bond acceptors (Lipinski definition) is 7. The van der Waals surface area contributed by atoms with Gasteiger partial charge in [0.05, 0.1) is 34.3 Å². The summed E-state index contributed by atoms with van der Waals surface area (Å²) >= 11 is 0. The van der Waals surface area contributed by atoms with Crippen LogP contribution in [0.25, 0.3) is 22.9 Å². The van der Waals surface area contributed by atoms with Crippen molar-refractivity contribution in [3.63, 3.8) is 0 Å². The van der Waals surface area contributed by atoms with E-state index in [4.69, 9.17) is 0 Å². The zero-order valence-corrected chi connectivity index (χ0v) is 18.6. The fraction of sp³-hybridized carbons (Fsp3) is 0.333. The maximum atomic E-state index is 15.2. The van der Waals surface area contributed by atoms with Gasteiger partial charge in [0.1, 0.15) is 17.7 Å². The molecule has 7 rings (SSSR count). The van der Waals surface area contributed by atoms with Crippen molar-refractivity contribution in [3.8, 4) is 22.9 Å². The monoisotopic (exact) mass is 479 g/mol. The quantitative estimate of drug-likeness (QED) is 0.452. The Kier molecular flexibility index (Phi) is 4.92. The topological polar surface area (TPSA) is 113 Å². The van der Waals surface area contributed by atoms with Gasteiger partial charge in [0, 0.05) is 0 Å². The minimum Gasteiger partial charge on any atom is -0.385 e. The Morgan fingerprint density at radius 3 is 2.43 bits per heavy atom. The van der Waals surface area contributed by atoms with Crippen molar-refractivity contribution in [1.82, 2.24) is 35.3 Å². The number of halogens is 3. The van der Waals surface area contributed by atoms with Crippen LogP contribution < -0.4 is 0 Å². The molecule has 0 amide bonds. The van der Waals surface area contributed by atoms with Crippen LogP contribution in [0.1, 0.15) is 67.4 Å². The molecule has 0 unspecified atom stereocenters. The second-order valence-electron chi connectivity index (χ2n) is 9.11. The van der Waals surface area contributed by atoms with Gasteiger partial charge in [-0.3, -0.25) is 0 Å². The molecule has 3 aliphatic carbocycles. The molecule has 3 aromatic heterocycles. The second kappa shape index (κ2) is 7.91. The highest BCUT2D eigenvalue weighted by Gasteiger charge is 2.50. The number of aromatic nitrogens is 7. The third kappa shape index (κ3) is 3.33. The minimum atomic E-state index is -0.862. The second-order valence-corrected chi connectivity index (χ2v) is 9.11. The standard InChI is InChI=1S/C24H20F3N7O/c1-11(35)21-30-23(34-33-21)22-28-10-16(27)20(29-22)24-7-5-12(6-8-24)13-9-17(31-32-19(13)24)18-14(25)3-2-4-15(18)26/h2-4,9-12,35H,5-8H2,1H3,(H,30,33,34)/t11-,12-,24-/m0/s1. The molecule has 178 valence electrons. The molecule has 11 heteroatoms. The van der Waals surface area contributed by atoms with E-state index < -0.39 is 29.0 Å². The zero-order valence-electron chi connectivity index (χ0n) is 18.6. The van der Waals surface area contributed by atoms with Gasteiger partial charge in [-0.25, -0.2) is 23.1 Å². The molecule has 4 aromatic rings. The van der Waals surface area contributed by atoms with Gasteiger partial charge in [-0.05, 0) is 62.3 Å². The van der Waals surface area contributed by atoms with Crippen LogP contribution in [0.15, 0.2) is 30.5 Å². The number of rotatable bonds is 4. The van der Waals surface area contributed by atoms with Gasteiger partial charge in [-0.15, -0.1) is 15.3 Å². The average Bonchev–Trinajstić information content (AvgIpc) is 3.36. The lowest BCUT2D eigenvalue weighted by Gasteiger charge is -2.46. The molecule has 1 fully saturated rings. The van der Waals surface area contributed by atoms with E-state index in [1.54, 1.807) is 6.07 Å². The van der Waals surface area contributed by atoms with E-state index in [9.17, 15) is 13.9 Å². The van der Waals surface area contributed by atoms with Crippen LogP contribution in [0.4, 0.5) is 13.2 Å². The van der Waals surface area contributed by atoms with Gasteiger partial charge in [0.2, 0.25) is 0 Å². The van der Waals surface area contributed by atoms with E-state index in [-0.39, 0.29) is 40.3 Å². The van der Waals surface area contributed by atoms with Crippen LogP contribution in [0.5, 0.6) is 0 Å². The van der Waals surface area contributed by atoms with Crippen molar-refractivity contribution in [2.24, 2.45) is 0 Å². The SMILES string of the molecule is C[C@H](O)c1nnc(-c2ncc(F)c([C@]34CC[C@H](CC3)c3cc(-c5c(F)cccc5F)nnc34)n2)[nH]1. The number of hydrogen-bond donors (Lipinski definition) is 2. The molecule has 3 heterocycles. The van der Waals surface area contributed by atoms with Gasteiger partial charge < -0.3 is 10.1 Å². The predicted octanol–water partition coefficient (Wildman–Crippen LogP) is 4.15. The average molecular weight is 479 g/mol. The molecule has 0 saturated heterocycles. The van der Waals surface area contributed by atoms with Crippen molar-refractivity contribution in [1.29, 1.82) is 0 Å². The summed E-state index contributed by atoms with van der Waals surface area (Å²) in [6.45, 7) is 1.54. The highest BCUT2D eigenvalue weighted by molar-refractivity contribution is 5.62. The molecule has 3 aliphatic rings. The molecule has 1 saturated carbocycles. The number of nitrogens with zero attached hydrogens (tertiary/aromatic N) is 6. The number of aliphatic hydroxyl groups is 1. The van der Waals surface area contributed by atoms with Gasteiger partial charge in [-0.2, -0.15) is 5.10 Å². The highest BCUT2D eigenvalue weighted by atomic mass is 19.1. The van der Waals surface area contributed by atoms with Crippen molar-refractivity contribution >= 4 is 0 Å². The molecule has 0 aliphatic heterocycles. The lowest BCUT2D eigenvalue weighted by atomic mass is 9.58. The molecule has 2 bridgehead atoms. The Morgan fingerprint density at radius 2 is 1.74 bits per heavy atom. The number of aliphatic hydroxyl groups excluding tert-OH is 1. The Labute approximate surface area is 197 Å². The smallest absolute Gasteiger partial charge is 0.199 e. The molecule has 0 radical (unpaired) electrons. The fourth-order valence-corrected chi connectivity index (χ4v) is 5.34. The highest BCUT2D eigenvalue weighted by Crippen LogP contribution is 2.55. The molecule has 1 aromatic carbocycles. The van der Waals surface area contributed by atoms with Gasteiger partial charge in [0.25, 0.3) is 0 Å². The predicted molar refractivity (Wildman–Crippen MR) is 117 cm³/mol. The molecular formula is C24H20F3N7O. The summed E-state index contributed by atoms with van der Waals surface area (Å²) in [6.07, 6.45) is 2.95. The molecule has 35 heavy (non-hydrogen) atoms. The molecule has 0 spiro atoms. The van der Waals surface area contributed by atoms with E-state index >= 15 is 4.39 Å². The Bertz CT molecular complexity index is 1430. The van der Waals surface area contributed by atoms with Crippen molar-refractivity contribution in [2.45, 2.75) is 50.0 Å². The molecule has 8 nitrogen and oxygen atoms in total. The molecular weight excluding hydrogens is 459 g/mol. The number of aromatic amines is 1. The van der Waals surface area contributed by atoms with E-state index in [1.807, 2.05) is 0 Å². The Balaban J connectivity index is 1.48. The zero-order chi connectivity index (χ0) is 24.3. The van der Waals surface area contributed by atoms with E-state index in [1.165, 1.54) is 25.1 Å². The molecule has 2 N–H and O–H groups in total. The van der Waals surface area contributed by atoms with Crippen LogP contribution >= 0.6 is 0 Å². The van der Waals surface area contributed by atoms with Crippen LogP contribution in [0.2, 0.25) is 0 Å². The van der Waals surface area contributed by atoms with Crippen LogP contribution in [-0.2, 0) is 5.41 Å².